The van der Waals surface area contributed by atoms with Crippen molar-refractivity contribution in [3.05, 3.63) is 34.4 Å². The SMILES string of the molecule is CC(C(=O)c1cc(F)c(F)cc1Cl)S(C)(=O)=O. The maximum absolute atomic E-state index is 12.9. The fourth-order valence-corrected chi connectivity index (χ4v) is 1.88. The summed E-state index contributed by atoms with van der Waals surface area (Å²) < 4.78 is 48.1. The zero-order valence-electron chi connectivity index (χ0n) is 9.00. The Bertz CT molecular complexity index is 569. The number of hydrogen-bond acceptors (Lipinski definition) is 3. The first kappa shape index (κ1) is 14.1. The van der Waals surface area contributed by atoms with Crippen LogP contribution in [0.15, 0.2) is 12.1 Å². The zero-order chi connectivity index (χ0) is 13.4. The van der Waals surface area contributed by atoms with E-state index >= 15 is 0 Å². The minimum atomic E-state index is -3.61. The maximum Gasteiger partial charge on any atom is 0.182 e. The van der Waals surface area contributed by atoms with Gasteiger partial charge in [-0.2, -0.15) is 0 Å². The highest BCUT2D eigenvalue weighted by molar-refractivity contribution is 7.92. The molecule has 0 aliphatic rings. The number of halogens is 3. The lowest BCUT2D eigenvalue weighted by Crippen LogP contribution is -2.26. The van der Waals surface area contributed by atoms with E-state index in [1.807, 2.05) is 0 Å². The van der Waals surface area contributed by atoms with Crippen LogP contribution in [0, 0.1) is 11.6 Å². The third-order valence-corrected chi connectivity index (χ3v) is 4.10. The van der Waals surface area contributed by atoms with Crippen LogP contribution in [0.5, 0.6) is 0 Å². The molecule has 0 aliphatic carbocycles. The fourth-order valence-electron chi connectivity index (χ4n) is 1.12. The first-order chi connectivity index (χ1) is 7.64. The molecular formula is C10H9ClF2O3S. The third-order valence-electron chi connectivity index (χ3n) is 2.29. The van der Waals surface area contributed by atoms with Crippen LogP contribution in [0.2, 0.25) is 5.02 Å². The van der Waals surface area contributed by atoms with Crippen molar-refractivity contribution in [1.82, 2.24) is 0 Å². The molecule has 0 heterocycles. The Kier molecular flexibility index (Phi) is 3.88. The quantitative estimate of drug-likeness (QED) is 0.631. The van der Waals surface area contributed by atoms with Gasteiger partial charge < -0.3 is 0 Å². The Labute approximate surface area is 102 Å². The molecule has 7 heteroatoms. The lowest BCUT2D eigenvalue weighted by molar-refractivity contribution is 0.0991. The molecule has 94 valence electrons. The molecule has 0 aliphatic heterocycles. The van der Waals surface area contributed by atoms with Crippen molar-refractivity contribution in [3.63, 3.8) is 0 Å². The van der Waals surface area contributed by atoms with Crippen molar-refractivity contribution >= 4 is 27.2 Å². The van der Waals surface area contributed by atoms with E-state index in [-0.39, 0.29) is 10.6 Å². The molecule has 17 heavy (non-hydrogen) atoms. The molecule has 0 saturated carbocycles. The van der Waals surface area contributed by atoms with Gasteiger partial charge in [0.05, 0.1) is 5.02 Å². The zero-order valence-corrected chi connectivity index (χ0v) is 10.6. The van der Waals surface area contributed by atoms with Gasteiger partial charge >= 0.3 is 0 Å². The number of carbonyl (C=O) groups excluding carboxylic acids is 1. The largest absolute Gasteiger partial charge is 0.293 e. The lowest BCUT2D eigenvalue weighted by Gasteiger charge is -2.10. The highest BCUT2D eigenvalue weighted by Gasteiger charge is 2.27. The van der Waals surface area contributed by atoms with Crippen LogP contribution in [0.25, 0.3) is 0 Å². The molecule has 1 aromatic carbocycles. The summed E-state index contributed by atoms with van der Waals surface area (Å²) in [5, 5.41) is -1.67. The topological polar surface area (TPSA) is 51.2 Å². The highest BCUT2D eigenvalue weighted by atomic mass is 35.5. The van der Waals surface area contributed by atoms with Gasteiger partial charge in [0, 0.05) is 11.8 Å². The second-order valence-corrected chi connectivity index (χ2v) is 6.36. The van der Waals surface area contributed by atoms with Crippen LogP contribution in [-0.4, -0.2) is 25.7 Å². The summed E-state index contributed by atoms with van der Waals surface area (Å²) in [5.41, 5.74) is -0.344. The molecule has 1 unspecified atom stereocenters. The molecule has 0 aromatic heterocycles. The molecule has 0 saturated heterocycles. The number of ketones is 1. The van der Waals surface area contributed by atoms with Crippen LogP contribution >= 0.6 is 11.6 Å². The van der Waals surface area contributed by atoms with Gasteiger partial charge in [-0.1, -0.05) is 11.6 Å². The van der Waals surface area contributed by atoms with Crippen molar-refractivity contribution in [2.75, 3.05) is 6.26 Å². The summed E-state index contributed by atoms with van der Waals surface area (Å²) >= 11 is 5.57. The normalized spacial score (nSPS) is 13.5. The first-order valence-corrected chi connectivity index (χ1v) is 6.85. The summed E-state index contributed by atoms with van der Waals surface area (Å²) in [4.78, 5) is 11.7. The standard InChI is InChI=1S/C10H9ClF2O3S/c1-5(17(2,15)16)10(14)6-3-8(12)9(13)4-7(6)11/h3-5H,1-2H3. The monoisotopic (exact) mass is 282 g/mol. The van der Waals surface area contributed by atoms with Gasteiger partial charge in [-0.05, 0) is 19.1 Å². The van der Waals surface area contributed by atoms with Crippen LogP contribution in [0.1, 0.15) is 17.3 Å². The van der Waals surface area contributed by atoms with E-state index in [0.717, 1.165) is 13.2 Å². The number of hydrogen-bond donors (Lipinski definition) is 0. The Morgan fingerprint density at radius 1 is 1.29 bits per heavy atom. The molecule has 0 N–H and O–H groups in total. The first-order valence-electron chi connectivity index (χ1n) is 4.52. The van der Waals surface area contributed by atoms with Gasteiger partial charge in [0.2, 0.25) is 0 Å². The van der Waals surface area contributed by atoms with Gasteiger partial charge in [0.25, 0.3) is 0 Å². The van der Waals surface area contributed by atoms with Crippen molar-refractivity contribution in [3.8, 4) is 0 Å². The Balaban J connectivity index is 3.27. The van der Waals surface area contributed by atoms with Gasteiger partial charge in [0.1, 0.15) is 5.25 Å². The second-order valence-electron chi connectivity index (χ2n) is 3.58. The Morgan fingerprint density at radius 2 is 1.76 bits per heavy atom. The lowest BCUT2D eigenvalue weighted by atomic mass is 10.1. The molecule has 0 fully saturated rings. The van der Waals surface area contributed by atoms with E-state index in [9.17, 15) is 22.0 Å². The number of rotatable bonds is 3. The minimum absolute atomic E-state index is 0.315. The molecule has 1 rings (SSSR count). The second kappa shape index (κ2) is 4.70. The third kappa shape index (κ3) is 3.01. The van der Waals surface area contributed by atoms with Crippen molar-refractivity contribution < 1.29 is 22.0 Å². The summed E-state index contributed by atoms with van der Waals surface area (Å²) in [6.07, 6.45) is 0.878. The fraction of sp³-hybridized carbons (Fsp3) is 0.300. The van der Waals surface area contributed by atoms with Crippen LogP contribution in [0.3, 0.4) is 0 Å². The van der Waals surface area contributed by atoms with Crippen molar-refractivity contribution in [1.29, 1.82) is 0 Å². The van der Waals surface area contributed by atoms with E-state index in [1.165, 1.54) is 0 Å². The van der Waals surface area contributed by atoms with Gasteiger partial charge in [-0.15, -0.1) is 0 Å². The van der Waals surface area contributed by atoms with Crippen molar-refractivity contribution in [2.24, 2.45) is 0 Å². The van der Waals surface area contributed by atoms with E-state index in [2.05, 4.69) is 0 Å². The maximum atomic E-state index is 12.9. The molecule has 0 radical (unpaired) electrons. The van der Waals surface area contributed by atoms with E-state index < -0.39 is 32.5 Å². The number of benzene rings is 1. The molecule has 3 nitrogen and oxygen atoms in total. The van der Waals surface area contributed by atoms with Gasteiger partial charge in [-0.3, -0.25) is 4.79 Å². The predicted octanol–water partition coefficient (Wildman–Crippen LogP) is 2.23. The number of Topliss-reactive ketones (excluding diaryl/α,β-unsaturated/α-hetero) is 1. The minimum Gasteiger partial charge on any atom is -0.293 e. The molecule has 0 bridgehead atoms. The van der Waals surface area contributed by atoms with Crippen molar-refractivity contribution in [2.45, 2.75) is 12.2 Å². The average Bonchev–Trinajstić information content (AvgIpc) is 2.20. The van der Waals surface area contributed by atoms with E-state index in [1.54, 1.807) is 0 Å². The van der Waals surface area contributed by atoms with Crippen LogP contribution in [0.4, 0.5) is 8.78 Å². The number of carbonyl (C=O) groups is 1. The van der Waals surface area contributed by atoms with Crippen LogP contribution in [-0.2, 0) is 9.84 Å². The molecule has 1 aromatic rings. The predicted molar refractivity (Wildman–Crippen MR) is 60.0 cm³/mol. The van der Waals surface area contributed by atoms with Crippen LogP contribution < -0.4 is 0 Å². The summed E-state index contributed by atoms with van der Waals surface area (Å²) in [6, 6.07) is 1.24. The highest BCUT2D eigenvalue weighted by Crippen LogP contribution is 2.22. The summed E-state index contributed by atoms with van der Waals surface area (Å²) in [5.74, 6) is -3.31. The van der Waals surface area contributed by atoms with Gasteiger partial charge in [0.15, 0.2) is 27.3 Å². The molecule has 1 atom stereocenters. The summed E-state index contributed by atoms with van der Waals surface area (Å²) in [7, 11) is -3.61. The summed E-state index contributed by atoms with van der Waals surface area (Å²) in [6.45, 7) is 1.16. The Hall–Kier alpha value is -1.01. The number of sulfone groups is 1. The van der Waals surface area contributed by atoms with E-state index in [4.69, 9.17) is 11.6 Å². The Morgan fingerprint density at radius 3 is 2.24 bits per heavy atom. The molecular weight excluding hydrogens is 274 g/mol. The average molecular weight is 283 g/mol. The molecule has 0 amide bonds. The smallest absolute Gasteiger partial charge is 0.182 e. The van der Waals surface area contributed by atoms with Gasteiger partial charge in [-0.25, -0.2) is 17.2 Å². The van der Waals surface area contributed by atoms with E-state index in [0.29, 0.717) is 12.1 Å². The molecule has 0 spiro atoms.